The summed E-state index contributed by atoms with van der Waals surface area (Å²) in [5.41, 5.74) is 2.99. The monoisotopic (exact) mass is 315 g/mol. The van der Waals surface area contributed by atoms with E-state index in [4.69, 9.17) is 0 Å². The summed E-state index contributed by atoms with van der Waals surface area (Å²) in [4.78, 5) is 24.5. The molecule has 2 saturated carbocycles. The number of fused-ring (bicyclic) bond motifs is 2. The summed E-state index contributed by atoms with van der Waals surface area (Å²) < 4.78 is 0. The van der Waals surface area contributed by atoms with E-state index >= 15 is 0 Å². The lowest BCUT2D eigenvalue weighted by Gasteiger charge is -2.28. The van der Waals surface area contributed by atoms with Crippen LogP contribution in [-0.4, -0.2) is 17.0 Å². The minimum atomic E-state index is -0.814. The third-order valence-electron chi connectivity index (χ3n) is 5.68. The fourth-order valence-corrected chi connectivity index (χ4v) is 4.57. The number of hydrogen-bond acceptors (Lipinski definition) is 2. The van der Waals surface area contributed by atoms with Crippen LogP contribution >= 0.6 is 0 Å². The maximum atomic E-state index is 12.9. The molecule has 2 bridgehead atoms. The smallest absolute Gasteiger partial charge is 0.307 e. The van der Waals surface area contributed by atoms with Crippen molar-refractivity contribution in [3.63, 3.8) is 0 Å². The number of amides is 1. The van der Waals surface area contributed by atoms with Crippen molar-refractivity contribution in [2.24, 2.45) is 23.7 Å². The van der Waals surface area contributed by atoms with Crippen molar-refractivity contribution in [2.45, 2.75) is 46.0 Å². The Morgan fingerprint density at radius 3 is 2.43 bits per heavy atom. The SMILES string of the molecule is Cc1cccc(C(C)C)c1NC(=O)[C@@H]1[C@H]2CC[C@@H](C2)[C@@H]1C(=O)O. The van der Waals surface area contributed by atoms with Crippen molar-refractivity contribution >= 4 is 17.6 Å². The zero-order valence-electron chi connectivity index (χ0n) is 14.0. The summed E-state index contributed by atoms with van der Waals surface area (Å²) in [6, 6.07) is 6.01. The van der Waals surface area contributed by atoms with Gasteiger partial charge in [0.05, 0.1) is 11.8 Å². The molecule has 2 N–H and O–H groups in total. The summed E-state index contributed by atoms with van der Waals surface area (Å²) in [7, 11) is 0. The van der Waals surface area contributed by atoms with Crippen LogP contribution in [-0.2, 0) is 9.59 Å². The van der Waals surface area contributed by atoms with Crippen molar-refractivity contribution in [2.75, 3.05) is 5.32 Å². The van der Waals surface area contributed by atoms with E-state index in [1.807, 2.05) is 25.1 Å². The third-order valence-corrected chi connectivity index (χ3v) is 5.68. The highest BCUT2D eigenvalue weighted by Gasteiger charge is 2.54. The molecule has 4 heteroatoms. The normalized spacial score (nSPS) is 29.0. The first-order chi connectivity index (χ1) is 10.9. The van der Waals surface area contributed by atoms with Crippen molar-refractivity contribution in [3.05, 3.63) is 29.3 Å². The topological polar surface area (TPSA) is 66.4 Å². The molecule has 124 valence electrons. The van der Waals surface area contributed by atoms with E-state index in [1.54, 1.807) is 0 Å². The second-order valence-electron chi connectivity index (χ2n) is 7.41. The van der Waals surface area contributed by atoms with Crippen LogP contribution < -0.4 is 5.32 Å². The van der Waals surface area contributed by atoms with Gasteiger partial charge in [-0.2, -0.15) is 0 Å². The van der Waals surface area contributed by atoms with Crippen molar-refractivity contribution in [1.82, 2.24) is 0 Å². The highest BCUT2D eigenvalue weighted by atomic mass is 16.4. The van der Waals surface area contributed by atoms with Gasteiger partial charge in [-0.05, 0) is 55.1 Å². The number of carboxylic acids is 1. The number of para-hydroxylation sites is 1. The van der Waals surface area contributed by atoms with Gasteiger partial charge >= 0.3 is 5.97 Å². The van der Waals surface area contributed by atoms with Crippen molar-refractivity contribution in [3.8, 4) is 0 Å². The Morgan fingerprint density at radius 2 is 1.83 bits per heavy atom. The first kappa shape index (κ1) is 16.0. The van der Waals surface area contributed by atoms with Gasteiger partial charge in [0.15, 0.2) is 0 Å². The van der Waals surface area contributed by atoms with Gasteiger partial charge in [-0.25, -0.2) is 0 Å². The zero-order valence-corrected chi connectivity index (χ0v) is 14.0. The molecule has 4 atom stereocenters. The van der Waals surface area contributed by atoms with E-state index in [9.17, 15) is 14.7 Å². The molecule has 2 fully saturated rings. The molecule has 0 unspecified atom stereocenters. The van der Waals surface area contributed by atoms with Crippen LogP contribution in [0.4, 0.5) is 5.69 Å². The third kappa shape index (κ3) is 2.75. The van der Waals surface area contributed by atoms with Crippen LogP contribution in [0, 0.1) is 30.6 Å². The molecule has 2 aliphatic carbocycles. The number of carbonyl (C=O) groups is 2. The van der Waals surface area contributed by atoms with E-state index in [2.05, 4.69) is 19.2 Å². The van der Waals surface area contributed by atoms with E-state index < -0.39 is 11.9 Å². The molecule has 0 radical (unpaired) electrons. The number of benzene rings is 1. The summed E-state index contributed by atoms with van der Waals surface area (Å²) in [6.07, 6.45) is 2.82. The van der Waals surface area contributed by atoms with Crippen LogP contribution in [0.25, 0.3) is 0 Å². The van der Waals surface area contributed by atoms with Crippen LogP contribution in [0.15, 0.2) is 18.2 Å². The number of nitrogens with one attached hydrogen (secondary N) is 1. The predicted octanol–water partition coefficient (Wildman–Crippen LogP) is 3.80. The highest BCUT2D eigenvalue weighted by molar-refractivity contribution is 5.97. The summed E-state index contributed by atoms with van der Waals surface area (Å²) in [6.45, 7) is 6.18. The molecular weight excluding hydrogens is 290 g/mol. The van der Waals surface area contributed by atoms with Gasteiger partial charge in [0, 0.05) is 5.69 Å². The molecular formula is C19H25NO3. The molecule has 4 nitrogen and oxygen atoms in total. The predicted molar refractivity (Wildman–Crippen MR) is 89.3 cm³/mol. The second-order valence-corrected chi connectivity index (χ2v) is 7.41. The average Bonchev–Trinajstić information content (AvgIpc) is 3.09. The Bertz CT molecular complexity index is 638. The molecule has 0 spiro atoms. The van der Waals surface area contributed by atoms with Crippen molar-refractivity contribution < 1.29 is 14.7 Å². The fourth-order valence-electron chi connectivity index (χ4n) is 4.57. The van der Waals surface area contributed by atoms with Gasteiger partial charge in [0.1, 0.15) is 0 Å². The van der Waals surface area contributed by atoms with E-state index in [0.29, 0.717) is 5.92 Å². The number of carboxylic acid groups (broad SMARTS) is 1. The molecule has 2 aliphatic rings. The van der Waals surface area contributed by atoms with Gasteiger partial charge in [-0.1, -0.05) is 32.0 Å². The Morgan fingerprint density at radius 1 is 1.17 bits per heavy atom. The molecule has 1 aromatic carbocycles. The molecule has 1 amide bonds. The molecule has 23 heavy (non-hydrogen) atoms. The van der Waals surface area contributed by atoms with Gasteiger partial charge in [0.25, 0.3) is 0 Å². The molecule has 3 rings (SSSR count). The van der Waals surface area contributed by atoms with Crippen LogP contribution in [0.1, 0.15) is 50.2 Å². The fraction of sp³-hybridized carbons (Fsp3) is 0.579. The van der Waals surface area contributed by atoms with E-state index in [1.165, 1.54) is 0 Å². The lowest BCUT2D eigenvalue weighted by molar-refractivity contribution is -0.148. The van der Waals surface area contributed by atoms with Gasteiger partial charge in [0.2, 0.25) is 5.91 Å². The Balaban J connectivity index is 1.87. The van der Waals surface area contributed by atoms with Crippen LogP contribution in [0.2, 0.25) is 0 Å². The number of rotatable bonds is 4. The van der Waals surface area contributed by atoms with Gasteiger partial charge in [-0.3, -0.25) is 9.59 Å². The molecule has 0 aromatic heterocycles. The van der Waals surface area contributed by atoms with Crippen LogP contribution in [0.3, 0.4) is 0 Å². The van der Waals surface area contributed by atoms with E-state index in [-0.39, 0.29) is 23.7 Å². The first-order valence-corrected chi connectivity index (χ1v) is 8.53. The molecule has 0 aliphatic heterocycles. The zero-order chi connectivity index (χ0) is 16.7. The minimum absolute atomic E-state index is 0.110. The number of anilines is 1. The molecule has 0 heterocycles. The van der Waals surface area contributed by atoms with Crippen LogP contribution in [0.5, 0.6) is 0 Å². The first-order valence-electron chi connectivity index (χ1n) is 8.53. The second kappa shape index (κ2) is 5.99. The van der Waals surface area contributed by atoms with Crippen molar-refractivity contribution in [1.29, 1.82) is 0 Å². The maximum absolute atomic E-state index is 12.9. The van der Waals surface area contributed by atoms with E-state index in [0.717, 1.165) is 36.1 Å². The Hall–Kier alpha value is -1.84. The molecule has 0 saturated heterocycles. The number of aliphatic carboxylic acids is 1. The number of hydrogen-bond donors (Lipinski definition) is 2. The lowest BCUT2D eigenvalue weighted by Crippen LogP contribution is -2.38. The number of aryl methyl sites for hydroxylation is 1. The van der Waals surface area contributed by atoms with Gasteiger partial charge < -0.3 is 10.4 Å². The largest absolute Gasteiger partial charge is 0.481 e. The van der Waals surface area contributed by atoms with Gasteiger partial charge in [-0.15, -0.1) is 0 Å². The summed E-state index contributed by atoms with van der Waals surface area (Å²) >= 11 is 0. The quantitative estimate of drug-likeness (QED) is 0.888. The minimum Gasteiger partial charge on any atom is -0.481 e. The summed E-state index contributed by atoms with van der Waals surface area (Å²) in [5, 5.41) is 12.6. The maximum Gasteiger partial charge on any atom is 0.307 e. The average molecular weight is 315 g/mol. The number of carbonyl (C=O) groups excluding carboxylic acids is 1. The lowest BCUT2D eigenvalue weighted by atomic mass is 9.78. The standard InChI is InChI=1S/C19H25NO3/c1-10(2)14-6-4-5-11(3)17(14)20-18(21)15-12-7-8-13(9-12)16(15)19(22)23/h4-6,10,12-13,15-16H,7-9H2,1-3H3,(H,20,21)(H,22,23)/t12-,13-,15+,16-/m0/s1. The molecule has 1 aromatic rings. The highest BCUT2D eigenvalue weighted by Crippen LogP contribution is 2.52. The summed E-state index contributed by atoms with van der Waals surface area (Å²) in [5.74, 6) is -1.11. The Kier molecular flexibility index (Phi) is 4.17. The Labute approximate surface area is 137 Å².